The first-order chi connectivity index (χ1) is 14.7. The predicted octanol–water partition coefficient (Wildman–Crippen LogP) is 6.55. The standard InChI is InChI=1S/C21H12ClF3N2O3S/c22-13-3-1-2-12(10-13)17-9-8-16(29-17)11-18-19(28)27(20(26)31-18)14-4-6-15(7-5-14)30-21(23,24)25/h1-11,26H. The van der Waals surface area contributed by atoms with Crippen LogP contribution in [0.4, 0.5) is 18.9 Å². The van der Waals surface area contributed by atoms with Gasteiger partial charge in [-0.15, -0.1) is 13.2 Å². The van der Waals surface area contributed by atoms with Gasteiger partial charge in [0.05, 0.1) is 10.6 Å². The molecule has 2 aromatic carbocycles. The fourth-order valence-electron chi connectivity index (χ4n) is 2.87. The van der Waals surface area contributed by atoms with Crippen LogP contribution in [0, 0.1) is 5.41 Å². The second-order valence-electron chi connectivity index (χ2n) is 6.31. The van der Waals surface area contributed by atoms with Gasteiger partial charge in [0.1, 0.15) is 17.3 Å². The molecule has 0 spiro atoms. The summed E-state index contributed by atoms with van der Waals surface area (Å²) >= 11 is 6.92. The number of amidine groups is 1. The quantitative estimate of drug-likeness (QED) is 0.444. The molecule has 1 N–H and O–H groups in total. The Labute approximate surface area is 183 Å². The number of hydrogen-bond acceptors (Lipinski definition) is 5. The van der Waals surface area contributed by atoms with E-state index in [1.807, 2.05) is 6.07 Å². The number of carbonyl (C=O) groups excluding carboxylic acids is 1. The normalized spacial score (nSPS) is 15.7. The van der Waals surface area contributed by atoms with Gasteiger partial charge in [-0.05, 0) is 60.3 Å². The van der Waals surface area contributed by atoms with Crippen LogP contribution in [-0.2, 0) is 4.79 Å². The van der Waals surface area contributed by atoms with Gasteiger partial charge < -0.3 is 9.15 Å². The van der Waals surface area contributed by atoms with E-state index >= 15 is 0 Å². The van der Waals surface area contributed by atoms with E-state index in [-0.39, 0.29) is 15.8 Å². The number of rotatable bonds is 4. The van der Waals surface area contributed by atoms with E-state index in [4.69, 9.17) is 21.4 Å². The molecule has 31 heavy (non-hydrogen) atoms. The lowest BCUT2D eigenvalue weighted by Crippen LogP contribution is -2.28. The summed E-state index contributed by atoms with van der Waals surface area (Å²) in [4.78, 5) is 14.1. The number of alkyl halides is 3. The molecule has 4 rings (SSSR count). The minimum Gasteiger partial charge on any atom is -0.457 e. The molecule has 0 unspecified atom stereocenters. The summed E-state index contributed by atoms with van der Waals surface area (Å²) in [6.07, 6.45) is -3.30. The fourth-order valence-corrected chi connectivity index (χ4v) is 3.91. The Hall–Kier alpha value is -3.17. The number of carbonyl (C=O) groups is 1. The van der Waals surface area contributed by atoms with Gasteiger partial charge in [0.2, 0.25) is 0 Å². The van der Waals surface area contributed by atoms with E-state index < -0.39 is 18.0 Å². The topological polar surface area (TPSA) is 66.5 Å². The minimum atomic E-state index is -4.81. The second kappa shape index (κ2) is 8.16. The molecule has 1 aromatic heterocycles. The minimum absolute atomic E-state index is 0.0811. The van der Waals surface area contributed by atoms with Crippen LogP contribution in [0.5, 0.6) is 5.75 Å². The zero-order valence-corrected chi connectivity index (χ0v) is 17.0. The van der Waals surface area contributed by atoms with Gasteiger partial charge in [0.25, 0.3) is 5.91 Å². The maximum Gasteiger partial charge on any atom is 0.573 e. The number of furan rings is 1. The van der Waals surface area contributed by atoms with Gasteiger partial charge in [-0.3, -0.25) is 15.1 Å². The van der Waals surface area contributed by atoms with Crippen molar-refractivity contribution in [3.8, 4) is 17.1 Å². The molecule has 1 amide bonds. The van der Waals surface area contributed by atoms with E-state index in [0.29, 0.717) is 16.5 Å². The maximum atomic E-state index is 12.8. The van der Waals surface area contributed by atoms with Crippen LogP contribution in [0.25, 0.3) is 17.4 Å². The zero-order chi connectivity index (χ0) is 22.2. The van der Waals surface area contributed by atoms with E-state index in [0.717, 1.165) is 34.4 Å². The second-order valence-corrected chi connectivity index (χ2v) is 7.78. The van der Waals surface area contributed by atoms with Crippen molar-refractivity contribution in [3.63, 3.8) is 0 Å². The van der Waals surface area contributed by atoms with Crippen LogP contribution in [0.2, 0.25) is 5.02 Å². The van der Waals surface area contributed by atoms with Crippen LogP contribution in [0.1, 0.15) is 5.76 Å². The molecule has 1 saturated heterocycles. The molecule has 0 radical (unpaired) electrons. The van der Waals surface area contributed by atoms with Crippen molar-refractivity contribution in [2.45, 2.75) is 6.36 Å². The Balaban J connectivity index is 1.54. The summed E-state index contributed by atoms with van der Waals surface area (Å²) in [6.45, 7) is 0. The van der Waals surface area contributed by atoms with Gasteiger partial charge in [0.15, 0.2) is 5.17 Å². The van der Waals surface area contributed by atoms with Gasteiger partial charge in [-0.25, -0.2) is 0 Å². The van der Waals surface area contributed by atoms with Crippen LogP contribution in [0.3, 0.4) is 0 Å². The highest BCUT2D eigenvalue weighted by Gasteiger charge is 2.34. The third-order valence-electron chi connectivity index (χ3n) is 4.16. The van der Waals surface area contributed by atoms with E-state index in [9.17, 15) is 18.0 Å². The smallest absolute Gasteiger partial charge is 0.457 e. The molecule has 10 heteroatoms. The largest absolute Gasteiger partial charge is 0.573 e. The number of ether oxygens (including phenoxy) is 1. The van der Waals surface area contributed by atoms with Gasteiger partial charge in [-0.2, -0.15) is 0 Å². The highest BCUT2D eigenvalue weighted by atomic mass is 35.5. The Bertz CT molecular complexity index is 1190. The molecular formula is C21H12ClF3N2O3S. The summed E-state index contributed by atoms with van der Waals surface area (Å²) in [5.41, 5.74) is 1.03. The molecule has 158 valence electrons. The first kappa shape index (κ1) is 21.1. The van der Waals surface area contributed by atoms with E-state index in [2.05, 4.69) is 4.74 Å². The number of anilines is 1. The maximum absolute atomic E-state index is 12.8. The molecular weight excluding hydrogens is 453 g/mol. The molecule has 1 aliphatic heterocycles. The van der Waals surface area contributed by atoms with Crippen molar-refractivity contribution in [3.05, 3.63) is 76.4 Å². The first-order valence-electron chi connectivity index (χ1n) is 8.74. The first-order valence-corrected chi connectivity index (χ1v) is 9.93. The van der Waals surface area contributed by atoms with Crippen molar-refractivity contribution in [1.82, 2.24) is 0 Å². The lowest BCUT2D eigenvalue weighted by Gasteiger charge is -2.15. The van der Waals surface area contributed by atoms with E-state index in [1.54, 1.807) is 30.3 Å². The van der Waals surface area contributed by atoms with Gasteiger partial charge in [-0.1, -0.05) is 23.7 Å². The predicted molar refractivity (Wildman–Crippen MR) is 113 cm³/mol. The fraction of sp³-hybridized carbons (Fsp3) is 0.0476. The number of halogens is 4. The highest BCUT2D eigenvalue weighted by molar-refractivity contribution is 8.19. The molecule has 3 aromatic rings. The van der Waals surface area contributed by atoms with Crippen molar-refractivity contribution in [1.29, 1.82) is 5.41 Å². The number of amides is 1. The third-order valence-corrected chi connectivity index (χ3v) is 5.28. The zero-order valence-electron chi connectivity index (χ0n) is 15.4. The van der Waals surface area contributed by atoms with Crippen LogP contribution < -0.4 is 9.64 Å². The molecule has 0 aliphatic carbocycles. The SMILES string of the molecule is N=C1SC(=Cc2ccc(-c3cccc(Cl)c3)o2)C(=O)N1c1ccc(OC(F)(F)F)cc1. The molecule has 1 fully saturated rings. The molecule has 2 heterocycles. The number of nitrogens with zero attached hydrogens (tertiary/aromatic N) is 1. The Kier molecular flexibility index (Phi) is 5.55. The van der Waals surface area contributed by atoms with Crippen LogP contribution >= 0.6 is 23.4 Å². The van der Waals surface area contributed by atoms with Gasteiger partial charge >= 0.3 is 6.36 Å². The monoisotopic (exact) mass is 464 g/mol. The Morgan fingerprint density at radius 2 is 1.84 bits per heavy atom. The summed E-state index contributed by atoms with van der Waals surface area (Å²) in [5.74, 6) is 0.0774. The summed E-state index contributed by atoms with van der Waals surface area (Å²) < 4.78 is 46.5. The number of hydrogen-bond donors (Lipinski definition) is 1. The van der Waals surface area contributed by atoms with Crippen LogP contribution in [-0.4, -0.2) is 17.4 Å². The molecule has 0 atom stereocenters. The molecule has 1 aliphatic rings. The molecule has 0 bridgehead atoms. The van der Waals surface area contributed by atoms with Crippen molar-refractivity contribution < 1.29 is 27.1 Å². The lowest BCUT2D eigenvalue weighted by atomic mass is 10.2. The van der Waals surface area contributed by atoms with Gasteiger partial charge in [0, 0.05) is 16.7 Å². The average Bonchev–Trinajstić information content (AvgIpc) is 3.26. The summed E-state index contributed by atoms with van der Waals surface area (Å²) in [6, 6.07) is 15.3. The molecule has 5 nitrogen and oxygen atoms in total. The van der Waals surface area contributed by atoms with Crippen LogP contribution in [0.15, 0.2) is 70.0 Å². The number of nitrogens with one attached hydrogen (secondary N) is 1. The molecule has 0 saturated carbocycles. The van der Waals surface area contributed by atoms with Crippen molar-refractivity contribution in [2.75, 3.05) is 4.90 Å². The Morgan fingerprint density at radius 3 is 2.52 bits per heavy atom. The van der Waals surface area contributed by atoms with Crippen molar-refractivity contribution in [2.24, 2.45) is 0 Å². The average molecular weight is 465 g/mol. The summed E-state index contributed by atoms with van der Waals surface area (Å²) in [7, 11) is 0. The number of thioether (sulfide) groups is 1. The van der Waals surface area contributed by atoms with Crippen molar-refractivity contribution >= 4 is 46.2 Å². The van der Waals surface area contributed by atoms with E-state index in [1.165, 1.54) is 18.2 Å². The number of benzene rings is 2. The third kappa shape index (κ3) is 4.78. The Morgan fingerprint density at radius 1 is 1.10 bits per heavy atom. The summed E-state index contributed by atoms with van der Waals surface area (Å²) in [5, 5.41) is 8.58. The lowest BCUT2D eigenvalue weighted by molar-refractivity contribution is -0.274. The highest BCUT2D eigenvalue weighted by Crippen LogP contribution is 2.37.